The Hall–Kier alpha value is -0.850. The average molecular weight is 297 g/mol. The van der Waals surface area contributed by atoms with Crippen LogP contribution in [0, 0.1) is 0 Å². The van der Waals surface area contributed by atoms with E-state index in [1.54, 1.807) is 11.3 Å². The molecular weight excluding hydrogens is 278 g/mol. The summed E-state index contributed by atoms with van der Waals surface area (Å²) in [6.07, 6.45) is 2.99. The molecule has 1 atom stereocenters. The molecule has 1 unspecified atom stereocenters. The van der Waals surface area contributed by atoms with Gasteiger partial charge in [0.15, 0.2) is 0 Å². The quantitative estimate of drug-likeness (QED) is 0.758. The van der Waals surface area contributed by atoms with Crippen LogP contribution in [0.15, 0.2) is 22.0 Å². The van der Waals surface area contributed by atoms with Crippen molar-refractivity contribution in [3.8, 4) is 10.7 Å². The summed E-state index contributed by atoms with van der Waals surface area (Å²) in [5.74, 6) is 3.68. The number of aryl methyl sites for hydroxylation is 1. The summed E-state index contributed by atoms with van der Waals surface area (Å²) in [6.45, 7) is 2.05. The van der Waals surface area contributed by atoms with Crippen molar-refractivity contribution in [3.05, 3.63) is 23.4 Å². The molecule has 4 nitrogen and oxygen atoms in total. The standard InChI is InChI=1S/C13H19N3OS2/c1-10(14)6-9-18-7-3-5-12-15-13(16-17-12)11-4-2-8-19-11/h2,4,8,10H,3,5-7,9,14H2,1H3. The van der Waals surface area contributed by atoms with Gasteiger partial charge in [0.2, 0.25) is 11.7 Å². The molecule has 0 spiro atoms. The largest absolute Gasteiger partial charge is 0.339 e. The number of nitrogens with zero attached hydrogens (tertiary/aromatic N) is 2. The van der Waals surface area contributed by atoms with Crippen LogP contribution in [0.5, 0.6) is 0 Å². The molecule has 0 aromatic carbocycles. The summed E-state index contributed by atoms with van der Waals surface area (Å²) < 4.78 is 5.25. The minimum Gasteiger partial charge on any atom is -0.339 e. The zero-order valence-corrected chi connectivity index (χ0v) is 12.7. The molecule has 2 heterocycles. The van der Waals surface area contributed by atoms with E-state index in [1.165, 1.54) is 0 Å². The fourth-order valence-electron chi connectivity index (χ4n) is 1.56. The maximum absolute atomic E-state index is 5.70. The molecule has 2 aromatic heterocycles. The van der Waals surface area contributed by atoms with Crippen LogP contribution >= 0.6 is 23.1 Å². The highest BCUT2D eigenvalue weighted by Crippen LogP contribution is 2.21. The highest BCUT2D eigenvalue weighted by molar-refractivity contribution is 7.99. The topological polar surface area (TPSA) is 64.9 Å². The zero-order chi connectivity index (χ0) is 13.5. The number of hydrogen-bond donors (Lipinski definition) is 1. The maximum Gasteiger partial charge on any atom is 0.227 e. The van der Waals surface area contributed by atoms with Crippen LogP contribution in [0.25, 0.3) is 10.7 Å². The van der Waals surface area contributed by atoms with Crippen LogP contribution in [0.4, 0.5) is 0 Å². The Kier molecular flexibility index (Phi) is 5.88. The van der Waals surface area contributed by atoms with Gasteiger partial charge < -0.3 is 10.3 Å². The molecule has 104 valence electrons. The Balaban J connectivity index is 1.67. The molecule has 19 heavy (non-hydrogen) atoms. The van der Waals surface area contributed by atoms with E-state index in [1.807, 2.05) is 36.2 Å². The van der Waals surface area contributed by atoms with Crippen molar-refractivity contribution < 1.29 is 4.52 Å². The van der Waals surface area contributed by atoms with Crippen molar-refractivity contribution in [2.24, 2.45) is 5.73 Å². The Morgan fingerprint density at radius 3 is 3.11 bits per heavy atom. The molecular formula is C13H19N3OS2. The summed E-state index contributed by atoms with van der Waals surface area (Å²) >= 11 is 3.56. The fraction of sp³-hybridized carbons (Fsp3) is 0.538. The van der Waals surface area contributed by atoms with Crippen LogP contribution < -0.4 is 5.73 Å². The lowest BCUT2D eigenvalue weighted by atomic mass is 10.3. The molecule has 0 amide bonds. The molecule has 0 aliphatic carbocycles. The van der Waals surface area contributed by atoms with Gasteiger partial charge in [-0.2, -0.15) is 16.7 Å². The highest BCUT2D eigenvalue weighted by atomic mass is 32.2. The first-order valence-corrected chi connectivity index (χ1v) is 8.49. The van der Waals surface area contributed by atoms with E-state index >= 15 is 0 Å². The van der Waals surface area contributed by atoms with Crippen LogP contribution in [-0.4, -0.2) is 27.7 Å². The van der Waals surface area contributed by atoms with Gasteiger partial charge in [-0.15, -0.1) is 11.3 Å². The van der Waals surface area contributed by atoms with E-state index < -0.39 is 0 Å². The number of rotatable bonds is 8. The van der Waals surface area contributed by atoms with Crippen LogP contribution in [0.3, 0.4) is 0 Å². The first-order valence-electron chi connectivity index (χ1n) is 6.45. The van der Waals surface area contributed by atoms with E-state index in [0.29, 0.717) is 11.9 Å². The molecule has 2 aromatic rings. The number of nitrogens with two attached hydrogens (primary N) is 1. The van der Waals surface area contributed by atoms with E-state index in [9.17, 15) is 0 Å². The summed E-state index contributed by atoms with van der Waals surface area (Å²) in [5.41, 5.74) is 5.70. The highest BCUT2D eigenvalue weighted by Gasteiger charge is 2.08. The van der Waals surface area contributed by atoms with E-state index in [4.69, 9.17) is 10.3 Å². The maximum atomic E-state index is 5.70. The monoisotopic (exact) mass is 297 g/mol. The van der Waals surface area contributed by atoms with Gasteiger partial charge in [-0.05, 0) is 42.7 Å². The number of thioether (sulfide) groups is 1. The first-order chi connectivity index (χ1) is 9.25. The van der Waals surface area contributed by atoms with Gasteiger partial charge in [0.05, 0.1) is 4.88 Å². The van der Waals surface area contributed by atoms with E-state index in [2.05, 4.69) is 10.1 Å². The molecule has 6 heteroatoms. The molecule has 0 aliphatic rings. The fourth-order valence-corrected chi connectivity index (χ4v) is 3.30. The Bertz CT molecular complexity index is 468. The normalized spacial score (nSPS) is 12.7. The second kappa shape index (κ2) is 7.67. The van der Waals surface area contributed by atoms with Crippen molar-refractivity contribution in [3.63, 3.8) is 0 Å². The summed E-state index contributed by atoms with van der Waals surface area (Å²) in [7, 11) is 0. The smallest absolute Gasteiger partial charge is 0.227 e. The van der Waals surface area contributed by atoms with Gasteiger partial charge >= 0.3 is 0 Å². The molecule has 2 N–H and O–H groups in total. The molecule has 0 aliphatic heterocycles. The van der Waals surface area contributed by atoms with Crippen molar-refractivity contribution in [1.82, 2.24) is 10.1 Å². The van der Waals surface area contributed by atoms with Crippen LogP contribution in [0.1, 0.15) is 25.7 Å². The lowest BCUT2D eigenvalue weighted by molar-refractivity contribution is 0.378. The lowest BCUT2D eigenvalue weighted by Crippen LogP contribution is -2.15. The number of thiophene rings is 1. The molecule has 0 bridgehead atoms. The molecule has 2 rings (SSSR count). The molecule has 0 radical (unpaired) electrons. The second-order valence-corrected chi connectivity index (χ2v) is 6.64. The van der Waals surface area contributed by atoms with E-state index in [-0.39, 0.29) is 0 Å². The second-order valence-electron chi connectivity index (χ2n) is 4.47. The first kappa shape index (κ1) is 14.6. The van der Waals surface area contributed by atoms with Gasteiger partial charge in [0.1, 0.15) is 0 Å². The summed E-state index contributed by atoms with van der Waals surface area (Å²) in [6, 6.07) is 4.30. The van der Waals surface area contributed by atoms with Gasteiger partial charge in [-0.3, -0.25) is 0 Å². The van der Waals surface area contributed by atoms with Crippen LogP contribution in [-0.2, 0) is 6.42 Å². The average Bonchev–Trinajstić information content (AvgIpc) is 3.03. The zero-order valence-electron chi connectivity index (χ0n) is 11.0. The Labute approximate surface area is 121 Å². The minimum atomic E-state index is 0.303. The lowest BCUT2D eigenvalue weighted by Gasteiger charge is -2.03. The molecule has 0 saturated carbocycles. The molecule has 0 fully saturated rings. The third-order valence-electron chi connectivity index (χ3n) is 2.61. The minimum absolute atomic E-state index is 0.303. The Morgan fingerprint density at radius 1 is 1.47 bits per heavy atom. The SMILES string of the molecule is CC(N)CCSCCCc1nc(-c2cccs2)no1. The molecule has 0 saturated heterocycles. The van der Waals surface area contributed by atoms with Gasteiger partial charge in [-0.1, -0.05) is 11.2 Å². The summed E-state index contributed by atoms with van der Waals surface area (Å²) in [4.78, 5) is 5.46. The van der Waals surface area contributed by atoms with Gasteiger partial charge in [0, 0.05) is 12.5 Å². The Morgan fingerprint density at radius 2 is 2.37 bits per heavy atom. The van der Waals surface area contributed by atoms with Crippen molar-refractivity contribution >= 4 is 23.1 Å². The van der Waals surface area contributed by atoms with Crippen molar-refractivity contribution in [2.45, 2.75) is 32.2 Å². The predicted molar refractivity (Wildman–Crippen MR) is 81.5 cm³/mol. The predicted octanol–water partition coefficient (Wildman–Crippen LogP) is 3.20. The van der Waals surface area contributed by atoms with Crippen molar-refractivity contribution in [2.75, 3.05) is 11.5 Å². The number of aromatic nitrogens is 2. The van der Waals surface area contributed by atoms with E-state index in [0.717, 1.165) is 41.5 Å². The van der Waals surface area contributed by atoms with Crippen molar-refractivity contribution in [1.29, 1.82) is 0 Å². The third kappa shape index (κ3) is 4.97. The van der Waals surface area contributed by atoms with Gasteiger partial charge in [-0.25, -0.2) is 0 Å². The summed E-state index contributed by atoms with van der Waals surface area (Å²) in [5, 5.41) is 6.01. The van der Waals surface area contributed by atoms with Crippen LogP contribution in [0.2, 0.25) is 0 Å². The van der Waals surface area contributed by atoms with Gasteiger partial charge in [0.25, 0.3) is 0 Å². The number of hydrogen-bond acceptors (Lipinski definition) is 6. The third-order valence-corrected chi connectivity index (χ3v) is 4.57.